The van der Waals surface area contributed by atoms with Gasteiger partial charge in [-0.15, -0.1) is 0 Å². The van der Waals surface area contributed by atoms with Crippen LogP contribution < -0.4 is 10.6 Å². The van der Waals surface area contributed by atoms with Gasteiger partial charge >= 0.3 is 0 Å². The van der Waals surface area contributed by atoms with Crippen molar-refractivity contribution in [1.29, 1.82) is 0 Å². The third kappa shape index (κ3) is 2.75. The first kappa shape index (κ1) is 11.0. The van der Waals surface area contributed by atoms with Crippen LogP contribution in [0.25, 0.3) is 0 Å². The van der Waals surface area contributed by atoms with Crippen LogP contribution in [-0.2, 0) is 0 Å². The first-order valence-electron chi connectivity index (χ1n) is 5.91. The molecule has 86 valence electrons. The van der Waals surface area contributed by atoms with Gasteiger partial charge in [0.1, 0.15) is 0 Å². The molecule has 0 spiro atoms. The van der Waals surface area contributed by atoms with Crippen LogP contribution in [0, 0.1) is 0 Å². The SMILES string of the molecule is CC(N)=Nc1ccc(N2CCCCC2)cc1. The Morgan fingerprint density at radius 1 is 1.12 bits per heavy atom. The zero-order chi connectivity index (χ0) is 11.4. The van der Waals surface area contributed by atoms with Crippen LogP contribution >= 0.6 is 0 Å². The molecule has 1 aromatic carbocycles. The largest absolute Gasteiger partial charge is 0.387 e. The maximum absolute atomic E-state index is 5.54. The molecule has 1 fully saturated rings. The fourth-order valence-electron chi connectivity index (χ4n) is 2.09. The Morgan fingerprint density at radius 2 is 1.75 bits per heavy atom. The molecule has 2 rings (SSSR count). The third-order valence-corrected chi connectivity index (χ3v) is 2.88. The van der Waals surface area contributed by atoms with Crippen LogP contribution in [-0.4, -0.2) is 18.9 Å². The lowest BCUT2D eigenvalue weighted by molar-refractivity contribution is 0.578. The van der Waals surface area contributed by atoms with E-state index < -0.39 is 0 Å². The molecule has 0 saturated carbocycles. The molecule has 16 heavy (non-hydrogen) atoms. The lowest BCUT2D eigenvalue weighted by Crippen LogP contribution is -2.29. The number of benzene rings is 1. The molecule has 0 bridgehead atoms. The molecule has 0 amide bonds. The number of nitrogens with two attached hydrogens (primary N) is 1. The average Bonchev–Trinajstić information content (AvgIpc) is 2.30. The van der Waals surface area contributed by atoms with Gasteiger partial charge in [0.2, 0.25) is 0 Å². The van der Waals surface area contributed by atoms with Gasteiger partial charge in [0, 0.05) is 18.8 Å². The molecule has 0 unspecified atom stereocenters. The Morgan fingerprint density at radius 3 is 2.31 bits per heavy atom. The predicted octanol–water partition coefficient (Wildman–Crippen LogP) is 2.69. The molecule has 0 atom stereocenters. The molecule has 3 heteroatoms. The van der Waals surface area contributed by atoms with Gasteiger partial charge in [-0.25, -0.2) is 4.99 Å². The Hall–Kier alpha value is -1.51. The summed E-state index contributed by atoms with van der Waals surface area (Å²) in [6, 6.07) is 8.32. The van der Waals surface area contributed by atoms with Crippen LogP contribution in [0.3, 0.4) is 0 Å². The van der Waals surface area contributed by atoms with Crippen LogP contribution in [0.4, 0.5) is 11.4 Å². The molecule has 2 N–H and O–H groups in total. The summed E-state index contributed by atoms with van der Waals surface area (Å²) in [6.07, 6.45) is 3.98. The monoisotopic (exact) mass is 217 g/mol. The molecule has 3 nitrogen and oxygen atoms in total. The van der Waals surface area contributed by atoms with E-state index >= 15 is 0 Å². The van der Waals surface area contributed by atoms with Crippen molar-refractivity contribution in [2.45, 2.75) is 26.2 Å². The molecule has 0 radical (unpaired) electrons. The maximum Gasteiger partial charge on any atom is 0.0964 e. The number of hydrogen-bond donors (Lipinski definition) is 1. The fraction of sp³-hybridized carbons (Fsp3) is 0.462. The van der Waals surface area contributed by atoms with E-state index in [1.54, 1.807) is 6.92 Å². The van der Waals surface area contributed by atoms with Crippen molar-refractivity contribution in [1.82, 2.24) is 0 Å². The smallest absolute Gasteiger partial charge is 0.0964 e. The summed E-state index contributed by atoms with van der Waals surface area (Å²) < 4.78 is 0. The van der Waals surface area contributed by atoms with Crippen molar-refractivity contribution in [3.8, 4) is 0 Å². The van der Waals surface area contributed by atoms with Gasteiger partial charge < -0.3 is 10.6 Å². The van der Waals surface area contributed by atoms with Gasteiger partial charge in [-0.2, -0.15) is 0 Å². The summed E-state index contributed by atoms with van der Waals surface area (Å²) in [5, 5.41) is 0. The summed E-state index contributed by atoms with van der Waals surface area (Å²) in [5.41, 5.74) is 7.78. The summed E-state index contributed by atoms with van der Waals surface area (Å²) in [4.78, 5) is 6.66. The average molecular weight is 217 g/mol. The Bertz CT molecular complexity index is 357. The van der Waals surface area contributed by atoms with Gasteiger partial charge in [0.05, 0.1) is 11.5 Å². The second-order valence-corrected chi connectivity index (χ2v) is 4.32. The lowest BCUT2D eigenvalue weighted by atomic mass is 10.1. The minimum Gasteiger partial charge on any atom is -0.387 e. The highest BCUT2D eigenvalue weighted by molar-refractivity contribution is 5.80. The minimum atomic E-state index is 0.603. The first-order chi connectivity index (χ1) is 7.75. The van der Waals surface area contributed by atoms with Gasteiger partial charge in [0.15, 0.2) is 0 Å². The molecule has 1 saturated heterocycles. The van der Waals surface area contributed by atoms with Crippen molar-refractivity contribution < 1.29 is 0 Å². The van der Waals surface area contributed by atoms with E-state index in [1.807, 2.05) is 12.1 Å². The molecule has 1 heterocycles. The summed E-state index contributed by atoms with van der Waals surface area (Å²) in [6.45, 7) is 4.16. The van der Waals surface area contributed by atoms with E-state index in [2.05, 4.69) is 22.0 Å². The minimum absolute atomic E-state index is 0.603. The molecular formula is C13H19N3. The first-order valence-corrected chi connectivity index (χ1v) is 5.91. The number of nitrogens with zero attached hydrogens (tertiary/aromatic N) is 2. The number of anilines is 1. The van der Waals surface area contributed by atoms with E-state index in [0.29, 0.717) is 5.84 Å². The highest BCUT2D eigenvalue weighted by Gasteiger charge is 2.10. The standard InChI is InChI=1S/C13H19N3/c1-11(14)15-12-5-7-13(8-6-12)16-9-3-2-4-10-16/h5-8H,2-4,9-10H2,1H3,(H2,14,15). The second kappa shape index (κ2) is 5.01. The Balaban J connectivity index is 2.09. The number of piperidine rings is 1. The van der Waals surface area contributed by atoms with E-state index in [9.17, 15) is 0 Å². The van der Waals surface area contributed by atoms with Crippen molar-refractivity contribution >= 4 is 17.2 Å². The van der Waals surface area contributed by atoms with Crippen molar-refractivity contribution in [2.24, 2.45) is 10.7 Å². The van der Waals surface area contributed by atoms with Crippen LogP contribution in [0.15, 0.2) is 29.3 Å². The van der Waals surface area contributed by atoms with E-state index in [0.717, 1.165) is 5.69 Å². The van der Waals surface area contributed by atoms with Crippen molar-refractivity contribution in [3.63, 3.8) is 0 Å². The highest BCUT2D eigenvalue weighted by Crippen LogP contribution is 2.22. The van der Waals surface area contributed by atoms with E-state index in [4.69, 9.17) is 5.73 Å². The summed E-state index contributed by atoms with van der Waals surface area (Å²) >= 11 is 0. The third-order valence-electron chi connectivity index (χ3n) is 2.88. The van der Waals surface area contributed by atoms with Crippen LogP contribution in [0.5, 0.6) is 0 Å². The van der Waals surface area contributed by atoms with Gasteiger partial charge in [-0.3, -0.25) is 0 Å². The quantitative estimate of drug-likeness (QED) is 0.611. The molecule has 1 aromatic rings. The van der Waals surface area contributed by atoms with Crippen LogP contribution in [0.1, 0.15) is 26.2 Å². The molecule has 0 aliphatic carbocycles. The number of aliphatic imine (C=N–C) groups is 1. The zero-order valence-corrected chi connectivity index (χ0v) is 9.82. The topological polar surface area (TPSA) is 41.6 Å². The fourth-order valence-corrected chi connectivity index (χ4v) is 2.09. The summed E-state index contributed by atoms with van der Waals surface area (Å²) in [5.74, 6) is 0.603. The van der Waals surface area contributed by atoms with E-state index in [-0.39, 0.29) is 0 Å². The number of hydrogen-bond acceptors (Lipinski definition) is 2. The van der Waals surface area contributed by atoms with Gasteiger partial charge in [-0.05, 0) is 50.5 Å². The van der Waals surface area contributed by atoms with Gasteiger partial charge in [0.25, 0.3) is 0 Å². The molecule has 1 aliphatic rings. The van der Waals surface area contributed by atoms with E-state index in [1.165, 1.54) is 38.0 Å². The van der Waals surface area contributed by atoms with Gasteiger partial charge in [-0.1, -0.05) is 0 Å². The lowest BCUT2D eigenvalue weighted by Gasteiger charge is -2.28. The highest BCUT2D eigenvalue weighted by atomic mass is 15.1. The molecular weight excluding hydrogens is 198 g/mol. The molecule has 0 aromatic heterocycles. The Labute approximate surface area is 97.0 Å². The Kier molecular flexibility index (Phi) is 3.44. The van der Waals surface area contributed by atoms with Crippen LogP contribution in [0.2, 0.25) is 0 Å². The normalized spacial score (nSPS) is 17.6. The molecule has 1 aliphatic heterocycles. The maximum atomic E-state index is 5.54. The zero-order valence-electron chi connectivity index (χ0n) is 9.82. The number of rotatable bonds is 2. The van der Waals surface area contributed by atoms with Crippen molar-refractivity contribution in [2.75, 3.05) is 18.0 Å². The van der Waals surface area contributed by atoms with Crippen molar-refractivity contribution in [3.05, 3.63) is 24.3 Å². The number of amidine groups is 1. The second-order valence-electron chi connectivity index (χ2n) is 4.32. The summed E-state index contributed by atoms with van der Waals surface area (Å²) in [7, 11) is 0. The predicted molar refractivity (Wildman–Crippen MR) is 69.5 cm³/mol.